The average molecular weight is 352 g/mol. The van der Waals surface area contributed by atoms with Crippen LogP contribution in [0.2, 0.25) is 10.0 Å². The molecule has 0 saturated heterocycles. The normalized spacial score (nSPS) is 12.7. The van der Waals surface area contributed by atoms with Crippen LogP contribution in [0, 0.1) is 0 Å². The summed E-state index contributed by atoms with van der Waals surface area (Å²) < 4.78 is 1.98. The van der Waals surface area contributed by atoms with Crippen LogP contribution in [0.1, 0.15) is 0 Å². The molecule has 1 atom stereocenters. The fourth-order valence-corrected chi connectivity index (χ4v) is 3.08. The minimum absolute atomic E-state index is 0.0810. The molecule has 0 radical (unpaired) electrons. The number of carbonyl (C=O) groups excluding carboxylic acids is 1. The molecule has 0 aliphatic rings. The third-order valence-corrected chi connectivity index (χ3v) is 4.16. The summed E-state index contributed by atoms with van der Waals surface area (Å²) in [4.78, 5) is 10.8. The van der Waals surface area contributed by atoms with E-state index in [0.29, 0.717) is 16.6 Å². The summed E-state index contributed by atoms with van der Waals surface area (Å²) in [5.74, 6) is 0. The molecule has 0 bridgehead atoms. The van der Waals surface area contributed by atoms with E-state index in [1.165, 1.54) is 0 Å². The number of nitrogens with zero attached hydrogens (tertiary/aromatic N) is 1. The lowest BCUT2D eigenvalue weighted by atomic mass is 10.1. The van der Waals surface area contributed by atoms with Gasteiger partial charge < -0.3 is 20.7 Å². The van der Waals surface area contributed by atoms with E-state index in [1.807, 2.05) is 28.8 Å². The number of fused-ring (bicyclic) bond motifs is 3. The first-order chi connectivity index (χ1) is 11.0. The molecule has 1 aromatic heterocycles. The molecular weight excluding hydrogens is 337 g/mol. The smallest absolute Gasteiger partial charge is 0.312 e. The maximum absolute atomic E-state index is 10.8. The van der Waals surface area contributed by atoms with Gasteiger partial charge in [-0.2, -0.15) is 0 Å². The van der Waals surface area contributed by atoms with Crippen LogP contribution < -0.4 is 11.1 Å². The number of hydrogen-bond acceptors (Lipinski definition) is 2. The zero-order valence-corrected chi connectivity index (χ0v) is 13.6. The number of amides is 2. The number of nitrogens with one attached hydrogen (secondary N) is 1. The summed E-state index contributed by atoms with van der Waals surface area (Å²) in [6.45, 7) is 0.390. The number of halogens is 2. The first kappa shape index (κ1) is 15.9. The van der Waals surface area contributed by atoms with Crippen LogP contribution in [0.4, 0.5) is 4.79 Å². The highest BCUT2D eigenvalue weighted by Gasteiger charge is 2.14. The van der Waals surface area contributed by atoms with Crippen LogP contribution in [0.25, 0.3) is 21.8 Å². The summed E-state index contributed by atoms with van der Waals surface area (Å²) >= 11 is 12.2. The number of aliphatic hydroxyl groups is 1. The Morgan fingerprint density at radius 2 is 1.65 bits per heavy atom. The molecule has 0 fully saturated rings. The summed E-state index contributed by atoms with van der Waals surface area (Å²) in [6.07, 6.45) is -0.771. The highest BCUT2D eigenvalue weighted by Crippen LogP contribution is 2.32. The molecule has 120 valence electrons. The second kappa shape index (κ2) is 6.28. The van der Waals surface area contributed by atoms with Gasteiger partial charge in [0.05, 0.1) is 12.6 Å². The van der Waals surface area contributed by atoms with Crippen LogP contribution >= 0.6 is 23.2 Å². The molecule has 4 N–H and O–H groups in total. The predicted molar refractivity (Wildman–Crippen MR) is 93.1 cm³/mol. The van der Waals surface area contributed by atoms with Crippen molar-refractivity contribution in [2.45, 2.75) is 12.6 Å². The number of urea groups is 1. The van der Waals surface area contributed by atoms with Crippen LogP contribution in [-0.2, 0) is 6.54 Å². The molecule has 7 heteroatoms. The Balaban J connectivity index is 2.08. The summed E-state index contributed by atoms with van der Waals surface area (Å²) in [6, 6.07) is 10.5. The minimum Gasteiger partial charge on any atom is -0.389 e. The molecular formula is C16H15Cl2N3O2. The van der Waals surface area contributed by atoms with E-state index in [1.54, 1.807) is 12.1 Å². The molecule has 0 aliphatic carbocycles. The molecule has 5 nitrogen and oxygen atoms in total. The molecule has 2 aromatic carbocycles. The Morgan fingerprint density at radius 3 is 2.13 bits per heavy atom. The Morgan fingerprint density at radius 1 is 1.13 bits per heavy atom. The van der Waals surface area contributed by atoms with Gasteiger partial charge in [0.1, 0.15) is 0 Å². The standard InChI is InChI=1S/C16H15Cl2N3O2/c17-9-1-3-14-12(5-9)13-6-10(18)2-4-15(13)21(14)8-11(22)7-20-16(19)23/h1-6,11,22H,7-8H2,(H3,19,20,23). The van der Waals surface area contributed by atoms with Gasteiger partial charge in [0.2, 0.25) is 0 Å². The van der Waals surface area contributed by atoms with Crippen molar-refractivity contribution in [1.82, 2.24) is 9.88 Å². The van der Waals surface area contributed by atoms with Crippen LogP contribution in [0.3, 0.4) is 0 Å². The second-order valence-electron chi connectivity index (χ2n) is 5.33. The lowest BCUT2D eigenvalue weighted by Crippen LogP contribution is -2.37. The maximum Gasteiger partial charge on any atom is 0.312 e. The van der Waals surface area contributed by atoms with Crippen LogP contribution in [-0.4, -0.2) is 28.4 Å². The largest absolute Gasteiger partial charge is 0.389 e. The van der Waals surface area contributed by atoms with Crippen molar-refractivity contribution in [2.75, 3.05) is 6.54 Å². The quantitative estimate of drug-likeness (QED) is 0.674. The number of primary amides is 1. The SMILES string of the molecule is NC(=O)NCC(O)Cn1c2ccc(Cl)cc2c2cc(Cl)ccc21. The Kier molecular flexibility index (Phi) is 4.35. The first-order valence-electron chi connectivity index (χ1n) is 7.04. The van der Waals surface area contributed by atoms with Crippen LogP contribution in [0.15, 0.2) is 36.4 Å². The van der Waals surface area contributed by atoms with Crippen molar-refractivity contribution >= 4 is 51.0 Å². The number of rotatable bonds is 4. The Hall–Kier alpha value is -1.95. The van der Waals surface area contributed by atoms with Gasteiger partial charge in [-0.1, -0.05) is 23.2 Å². The van der Waals surface area contributed by atoms with Gasteiger partial charge in [0.15, 0.2) is 0 Å². The van der Waals surface area contributed by atoms with Gasteiger partial charge in [-0.25, -0.2) is 4.79 Å². The van der Waals surface area contributed by atoms with E-state index in [2.05, 4.69) is 5.32 Å². The van der Waals surface area contributed by atoms with Gasteiger partial charge in [-0.15, -0.1) is 0 Å². The van der Waals surface area contributed by atoms with E-state index < -0.39 is 12.1 Å². The van der Waals surface area contributed by atoms with Gasteiger partial charge in [0, 0.05) is 38.4 Å². The zero-order valence-electron chi connectivity index (χ0n) is 12.1. The topological polar surface area (TPSA) is 80.3 Å². The van der Waals surface area contributed by atoms with Gasteiger partial charge in [-0.3, -0.25) is 0 Å². The fourth-order valence-electron chi connectivity index (χ4n) is 2.74. The molecule has 0 spiro atoms. The predicted octanol–water partition coefficient (Wildman–Crippen LogP) is 3.13. The molecule has 23 heavy (non-hydrogen) atoms. The average Bonchev–Trinajstić information content (AvgIpc) is 2.78. The molecule has 1 unspecified atom stereocenters. The second-order valence-corrected chi connectivity index (χ2v) is 6.21. The third-order valence-electron chi connectivity index (χ3n) is 3.69. The van der Waals surface area contributed by atoms with Crippen molar-refractivity contribution in [2.24, 2.45) is 5.73 Å². The molecule has 3 rings (SSSR count). The van der Waals surface area contributed by atoms with Crippen molar-refractivity contribution in [3.8, 4) is 0 Å². The zero-order chi connectivity index (χ0) is 16.6. The number of nitrogens with two attached hydrogens (primary N) is 1. The minimum atomic E-state index is -0.771. The number of aliphatic hydroxyl groups excluding tert-OH is 1. The summed E-state index contributed by atoms with van der Waals surface area (Å²) in [5.41, 5.74) is 6.90. The summed E-state index contributed by atoms with van der Waals surface area (Å²) in [5, 5.41) is 15.7. The van der Waals surface area contributed by atoms with E-state index in [0.717, 1.165) is 21.8 Å². The van der Waals surface area contributed by atoms with Crippen LogP contribution in [0.5, 0.6) is 0 Å². The van der Waals surface area contributed by atoms with Crippen molar-refractivity contribution in [3.05, 3.63) is 46.4 Å². The van der Waals surface area contributed by atoms with Crippen molar-refractivity contribution in [1.29, 1.82) is 0 Å². The number of hydrogen-bond donors (Lipinski definition) is 3. The van der Waals surface area contributed by atoms with E-state index >= 15 is 0 Å². The maximum atomic E-state index is 10.8. The monoisotopic (exact) mass is 351 g/mol. The van der Waals surface area contributed by atoms with E-state index in [9.17, 15) is 9.90 Å². The molecule has 1 heterocycles. The summed E-state index contributed by atoms with van der Waals surface area (Å²) in [7, 11) is 0. The Bertz CT molecular complexity index is 833. The van der Waals surface area contributed by atoms with Crippen molar-refractivity contribution in [3.63, 3.8) is 0 Å². The lowest BCUT2D eigenvalue weighted by molar-refractivity contribution is 0.155. The molecule has 0 aliphatic heterocycles. The fraction of sp³-hybridized carbons (Fsp3) is 0.188. The Labute approximate surface area is 142 Å². The number of aromatic nitrogens is 1. The lowest BCUT2D eigenvalue weighted by Gasteiger charge is -2.14. The molecule has 2 amide bonds. The first-order valence-corrected chi connectivity index (χ1v) is 7.79. The van der Waals surface area contributed by atoms with E-state index in [-0.39, 0.29) is 6.54 Å². The van der Waals surface area contributed by atoms with Crippen molar-refractivity contribution < 1.29 is 9.90 Å². The van der Waals surface area contributed by atoms with Gasteiger partial charge in [0.25, 0.3) is 0 Å². The highest BCUT2D eigenvalue weighted by atomic mass is 35.5. The van der Waals surface area contributed by atoms with Gasteiger partial charge in [-0.05, 0) is 36.4 Å². The molecule has 3 aromatic rings. The number of carbonyl (C=O) groups is 1. The highest BCUT2D eigenvalue weighted by molar-refractivity contribution is 6.33. The third kappa shape index (κ3) is 3.22. The number of benzene rings is 2. The molecule has 0 saturated carbocycles. The van der Waals surface area contributed by atoms with E-state index in [4.69, 9.17) is 28.9 Å². The van der Waals surface area contributed by atoms with Gasteiger partial charge >= 0.3 is 6.03 Å².